The third-order valence-corrected chi connectivity index (χ3v) is 3.05. The third kappa shape index (κ3) is 2.22. The lowest BCUT2D eigenvalue weighted by atomic mass is 10.1. The lowest BCUT2D eigenvalue weighted by Gasteiger charge is -2.45. The number of fused-ring (bicyclic) bond motifs is 1. The normalized spacial score (nSPS) is 49.1. The van der Waals surface area contributed by atoms with E-state index in [1.807, 2.05) is 27.7 Å². The van der Waals surface area contributed by atoms with Crippen molar-refractivity contribution in [1.29, 1.82) is 0 Å². The predicted octanol–water partition coefficient (Wildman–Crippen LogP) is 1.83. The average molecular weight is 234 g/mol. The molecule has 0 aromatic heterocycles. The van der Waals surface area contributed by atoms with Crippen molar-refractivity contribution < 1.29 is 23.3 Å². The minimum absolute atomic E-state index is 0.0363. The molecule has 0 radical (unpaired) electrons. The fraction of sp³-hybridized carbons (Fsp3) is 1.00. The molecule has 6 unspecified atom stereocenters. The van der Waals surface area contributed by atoms with Crippen molar-refractivity contribution in [2.24, 2.45) is 5.92 Å². The van der Waals surface area contributed by atoms with E-state index in [-0.39, 0.29) is 18.1 Å². The molecule has 0 aliphatic carbocycles. The van der Waals surface area contributed by atoms with E-state index in [1.165, 1.54) is 0 Å². The highest BCUT2D eigenvalue weighted by molar-refractivity contribution is 4.78. The maximum atomic E-state index is 13.6. The molecule has 0 spiro atoms. The van der Waals surface area contributed by atoms with Crippen LogP contribution < -0.4 is 0 Å². The van der Waals surface area contributed by atoms with Gasteiger partial charge in [0.25, 0.3) is 0 Å². The Balaban J connectivity index is 2.03. The number of hydrogen-bond donors (Lipinski definition) is 0. The van der Waals surface area contributed by atoms with Gasteiger partial charge in [0, 0.05) is 0 Å². The molecular formula is C11H19FO4. The molecule has 0 amide bonds. The van der Waals surface area contributed by atoms with Gasteiger partial charge < -0.3 is 18.9 Å². The van der Waals surface area contributed by atoms with Crippen LogP contribution >= 0.6 is 0 Å². The Kier molecular flexibility index (Phi) is 3.49. The predicted molar refractivity (Wildman–Crippen MR) is 54.4 cm³/mol. The Morgan fingerprint density at radius 2 is 1.38 bits per heavy atom. The summed E-state index contributed by atoms with van der Waals surface area (Å²) >= 11 is 0. The van der Waals surface area contributed by atoms with Crippen molar-refractivity contribution >= 4 is 0 Å². The van der Waals surface area contributed by atoms with Gasteiger partial charge in [-0.05, 0) is 19.8 Å². The van der Waals surface area contributed by atoms with Crippen LogP contribution in [0, 0.1) is 5.92 Å². The number of halogens is 1. The molecule has 16 heavy (non-hydrogen) atoms. The highest BCUT2D eigenvalue weighted by Crippen LogP contribution is 2.32. The monoisotopic (exact) mass is 234 g/mol. The van der Waals surface area contributed by atoms with E-state index >= 15 is 0 Å². The van der Waals surface area contributed by atoms with Crippen LogP contribution in [-0.2, 0) is 18.9 Å². The van der Waals surface area contributed by atoms with E-state index in [4.69, 9.17) is 18.9 Å². The first-order chi connectivity index (χ1) is 7.49. The van der Waals surface area contributed by atoms with Gasteiger partial charge in [0.2, 0.25) is 18.9 Å². The van der Waals surface area contributed by atoms with Gasteiger partial charge in [-0.15, -0.1) is 0 Å². The molecule has 4 nitrogen and oxygen atoms in total. The minimum atomic E-state index is -1.45. The summed E-state index contributed by atoms with van der Waals surface area (Å²) < 4.78 is 35.4. The van der Waals surface area contributed by atoms with Gasteiger partial charge in [0.15, 0.2) is 0 Å². The second kappa shape index (κ2) is 4.56. The highest BCUT2D eigenvalue weighted by Gasteiger charge is 2.46. The summed E-state index contributed by atoms with van der Waals surface area (Å²) in [6, 6.07) is 0. The lowest BCUT2D eigenvalue weighted by molar-refractivity contribution is -0.428. The summed E-state index contributed by atoms with van der Waals surface area (Å²) in [5.74, 6) is 0.0363. The first-order valence-corrected chi connectivity index (χ1v) is 5.75. The molecule has 2 aliphatic rings. The second-order valence-electron chi connectivity index (χ2n) is 4.75. The second-order valence-corrected chi connectivity index (χ2v) is 4.75. The Morgan fingerprint density at radius 3 is 1.88 bits per heavy atom. The molecule has 2 saturated heterocycles. The summed E-state index contributed by atoms with van der Waals surface area (Å²) in [4.78, 5) is 0. The molecule has 0 saturated carbocycles. The van der Waals surface area contributed by atoms with Crippen molar-refractivity contribution in [3.05, 3.63) is 0 Å². The zero-order valence-electron chi connectivity index (χ0n) is 10.1. The Labute approximate surface area is 95.0 Å². The zero-order valence-corrected chi connectivity index (χ0v) is 10.1. The molecule has 0 aromatic carbocycles. The van der Waals surface area contributed by atoms with E-state index in [1.54, 1.807) is 0 Å². The molecule has 2 heterocycles. The van der Waals surface area contributed by atoms with Crippen LogP contribution in [-0.4, -0.2) is 37.2 Å². The van der Waals surface area contributed by atoms with E-state index in [0.717, 1.165) is 0 Å². The van der Waals surface area contributed by atoms with Crippen molar-refractivity contribution in [3.8, 4) is 0 Å². The molecular weight excluding hydrogens is 215 g/mol. The summed E-state index contributed by atoms with van der Waals surface area (Å²) in [6.45, 7) is 7.54. The SMILES string of the molecule is CC(C)C1OC2OC(C)C(C)OC2OC1F. The fourth-order valence-corrected chi connectivity index (χ4v) is 1.85. The van der Waals surface area contributed by atoms with E-state index in [9.17, 15) is 4.39 Å². The average Bonchev–Trinajstić information content (AvgIpc) is 2.19. The van der Waals surface area contributed by atoms with Crippen molar-refractivity contribution in [2.75, 3.05) is 0 Å². The van der Waals surface area contributed by atoms with Gasteiger partial charge in [-0.2, -0.15) is 0 Å². The van der Waals surface area contributed by atoms with Gasteiger partial charge in [0.05, 0.1) is 12.2 Å². The van der Waals surface area contributed by atoms with Gasteiger partial charge in [0.1, 0.15) is 6.10 Å². The van der Waals surface area contributed by atoms with E-state index in [0.29, 0.717) is 0 Å². The first-order valence-electron chi connectivity index (χ1n) is 5.75. The van der Waals surface area contributed by atoms with Gasteiger partial charge >= 0.3 is 0 Å². The van der Waals surface area contributed by atoms with Crippen LogP contribution in [0.15, 0.2) is 0 Å². The standard InChI is InChI=1S/C11H19FO4/c1-5(2)8-9(12)16-11-10(15-8)13-6(3)7(4)14-11/h5-11H,1-4H3. The van der Waals surface area contributed by atoms with Gasteiger partial charge in [-0.1, -0.05) is 13.8 Å². The van der Waals surface area contributed by atoms with Gasteiger partial charge in [-0.3, -0.25) is 0 Å². The summed E-state index contributed by atoms with van der Waals surface area (Å²) in [5, 5.41) is 0. The molecule has 94 valence electrons. The Hall–Kier alpha value is -0.230. The largest absolute Gasteiger partial charge is 0.342 e. The fourth-order valence-electron chi connectivity index (χ4n) is 1.85. The summed E-state index contributed by atoms with van der Waals surface area (Å²) in [7, 11) is 0. The molecule has 2 aliphatic heterocycles. The smallest absolute Gasteiger partial charge is 0.228 e. The number of hydrogen-bond acceptors (Lipinski definition) is 4. The highest BCUT2D eigenvalue weighted by atomic mass is 19.1. The van der Waals surface area contributed by atoms with Crippen molar-refractivity contribution in [3.63, 3.8) is 0 Å². The first kappa shape index (κ1) is 12.2. The van der Waals surface area contributed by atoms with Gasteiger partial charge in [-0.25, -0.2) is 4.39 Å². The van der Waals surface area contributed by atoms with Crippen LogP contribution in [0.1, 0.15) is 27.7 Å². The van der Waals surface area contributed by atoms with Crippen LogP contribution in [0.3, 0.4) is 0 Å². The maximum absolute atomic E-state index is 13.6. The number of ether oxygens (including phenoxy) is 4. The maximum Gasteiger partial charge on any atom is 0.228 e. The van der Waals surface area contributed by atoms with Crippen LogP contribution in [0.5, 0.6) is 0 Å². The number of rotatable bonds is 1. The van der Waals surface area contributed by atoms with Crippen molar-refractivity contribution in [1.82, 2.24) is 0 Å². The van der Waals surface area contributed by atoms with Crippen molar-refractivity contribution in [2.45, 2.75) is 64.9 Å². The molecule has 2 rings (SSSR count). The molecule has 2 fully saturated rings. The lowest BCUT2D eigenvalue weighted by Crippen LogP contribution is -2.57. The van der Waals surface area contributed by atoms with E-state index in [2.05, 4.69) is 0 Å². The van der Waals surface area contributed by atoms with Crippen LogP contribution in [0.25, 0.3) is 0 Å². The number of alkyl halides is 1. The quantitative estimate of drug-likeness (QED) is 0.693. The summed E-state index contributed by atoms with van der Waals surface area (Å²) in [6.07, 6.45) is -3.61. The Morgan fingerprint density at radius 1 is 0.875 bits per heavy atom. The third-order valence-electron chi connectivity index (χ3n) is 3.05. The summed E-state index contributed by atoms with van der Waals surface area (Å²) in [5.41, 5.74) is 0. The topological polar surface area (TPSA) is 36.9 Å². The minimum Gasteiger partial charge on any atom is -0.342 e. The molecule has 6 atom stereocenters. The van der Waals surface area contributed by atoms with Crippen LogP contribution in [0.2, 0.25) is 0 Å². The zero-order chi connectivity index (χ0) is 11.9. The molecule has 5 heteroatoms. The Bertz CT molecular complexity index is 248. The molecule has 0 aromatic rings. The molecule has 0 bridgehead atoms. The van der Waals surface area contributed by atoms with E-state index < -0.39 is 25.0 Å². The van der Waals surface area contributed by atoms with Crippen LogP contribution in [0.4, 0.5) is 4.39 Å². The molecule has 0 N–H and O–H groups in total.